The highest BCUT2D eigenvalue weighted by Gasteiger charge is 2.28. The van der Waals surface area contributed by atoms with E-state index in [2.05, 4.69) is 0 Å². The Morgan fingerprint density at radius 1 is 1.53 bits per heavy atom. The number of hydrogen-bond acceptors (Lipinski definition) is 4. The van der Waals surface area contributed by atoms with E-state index in [9.17, 15) is 9.59 Å². The maximum atomic E-state index is 11.9. The number of hydrogen-bond donors (Lipinski definition) is 2. The second-order valence-electron chi connectivity index (χ2n) is 4.09. The van der Waals surface area contributed by atoms with Crippen LogP contribution in [0.5, 0.6) is 0 Å². The summed E-state index contributed by atoms with van der Waals surface area (Å²) >= 11 is 0. The summed E-state index contributed by atoms with van der Waals surface area (Å²) in [4.78, 5) is 24.1. The maximum absolute atomic E-state index is 11.9. The average Bonchev–Trinajstić information content (AvgIpc) is 2.97. The number of carbonyl (C=O) groups excluding carboxylic acids is 1. The standard InChI is InChI=1S/C11H13NO5/c13-5-7-1-2-12(4-7)10(14)9-3-8(6-17-9)11(15)16/h3,6-7,13H,1-2,4-5H2,(H,15,16). The quantitative estimate of drug-likeness (QED) is 0.798. The van der Waals surface area contributed by atoms with Gasteiger partial charge in [-0.05, 0) is 6.42 Å². The Kier molecular flexibility index (Phi) is 3.14. The fourth-order valence-corrected chi connectivity index (χ4v) is 1.88. The maximum Gasteiger partial charge on any atom is 0.338 e. The molecular weight excluding hydrogens is 226 g/mol. The molecule has 6 nitrogen and oxygen atoms in total. The first-order valence-electron chi connectivity index (χ1n) is 5.33. The van der Waals surface area contributed by atoms with E-state index in [1.807, 2.05) is 0 Å². The van der Waals surface area contributed by atoms with Crippen LogP contribution in [0, 0.1) is 5.92 Å². The van der Waals surface area contributed by atoms with Crippen molar-refractivity contribution in [1.29, 1.82) is 0 Å². The van der Waals surface area contributed by atoms with E-state index in [-0.39, 0.29) is 29.8 Å². The fraction of sp³-hybridized carbons (Fsp3) is 0.455. The summed E-state index contributed by atoms with van der Waals surface area (Å²) in [6.45, 7) is 1.11. The molecule has 0 aliphatic carbocycles. The van der Waals surface area contributed by atoms with Crippen molar-refractivity contribution in [2.24, 2.45) is 5.92 Å². The van der Waals surface area contributed by atoms with Gasteiger partial charge in [-0.1, -0.05) is 0 Å². The number of amides is 1. The lowest BCUT2D eigenvalue weighted by molar-refractivity contribution is 0.0694. The second-order valence-corrected chi connectivity index (χ2v) is 4.09. The summed E-state index contributed by atoms with van der Waals surface area (Å²) in [6.07, 6.45) is 1.81. The van der Waals surface area contributed by atoms with Crippen molar-refractivity contribution in [3.05, 3.63) is 23.7 Å². The minimum Gasteiger partial charge on any atom is -0.478 e. The zero-order valence-corrected chi connectivity index (χ0v) is 9.13. The highest BCUT2D eigenvalue weighted by molar-refractivity contribution is 5.95. The molecule has 0 radical (unpaired) electrons. The third kappa shape index (κ3) is 2.31. The number of furan rings is 1. The Morgan fingerprint density at radius 3 is 2.82 bits per heavy atom. The van der Waals surface area contributed by atoms with Gasteiger partial charge >= 0.3 is 5.97 Å². The van der Waals surface area contributed by atoms with Gasteiger partial charge in [0.2, 0.25) is 0 Å². The van der Waals surface area contributed by atoms with Crippen LogP contribution < -0.4 is 0 Å². The van der Waals surface area contributed by atoms with Crippen LogP contribution in [0.3, 0.4) is 0 Å². The molecule has 0 aromatic carbocycles. The Labute approximate surface area is 97.4 Å². The number of aromatic carboxylic acids is 1. The van der Waals surface area contributed by atoms with Crippen molar-refractivity contribution in [2.75, 3.05) is 19.7 Å². The van der Waals surface area contributed by atoms with E-state index in [1.165, 1.54) is 6.07 Å². The Morgan fingerprint density at radius 2 is 2.29 bits per heavy atom. The van der Waals surface area contributed by atoms with Crippen LogP contribution in [0.2, 0.25) is 0 Å². The predicted octanol–water partition coefficient (Wildman–Crippen LogP) is 0.432. The van der Waals surface area contributed by atoms with Crippen molar-refractivity contribution >= 4 is 11.9 Å². The molecule has 1 aliphatic heterocycles. The normalized spacial score (nSPS) is 19.6. The second kappa shape index (κ2) is 4.58. The molecule has 92 valence electrons. The van der Waals surface area contributed by atoms with Crippen molar-refractivity contribution in [2.45, 2.75) is 6.42 Å². The lowest BCUT2D eigenvalue weighted by Gasteiger charge is -2.13. The molecule has 0 spiro atoms. The Bertz CT molecular complexity index is 439. The number of rotatable bonds is 3. The Hall–Kier alpha value is -1.82. The summed E-state index contributed by atoms with van der Waals surface area (Å²) < 4.78 is 4.93. The number of likely N-dealkylation sites (tertiary alicyclic amines) is 1. The van der Waals surface area contributed by atoms with Gasteiger partial charge in [-0.3, -0.25) is 4.79 Å². The van der Waals surface area contributed by atoms with Crippen LogP contribution in [0.4, 0.5) is 0 Å². The van der Waals surface area contributed by atoms with E-state index in [0.29, 0.717) is 13.1 Å². The smallest absolute Gasteiger partial charge is 0.338 e. The van der Waals surface area contributed by atoms with Crippen LogP contribution >= 0.6 is 0 Å². The number of carboxylic acids is 1. The number of nitrogens with zero attached hydrogens (tertiary/aromatic N) is 1. The third-order valence-electron chi connectivity index (χ3n) is 2.89. The lowest BCUT2D eigenvalue weighted by Crippen LogP contribution is -2.28. The van der Waals surface area contributed by atoms with Crippen LogP contribution in [-0.2, 0) is 0 Å². The molecule has 1 aliphatic rings. The molecule has 1 aromatic heterocycles. The first-order chi connectivity index (χ1) is 8.11. The minimum absolute atomic E-state index is 0.0287. The minimum atomic E-state index is -1.12. The van der Waals surface area contributed by atoms with Gasteiger partial charge in [-0.25, -0.2) is 4.79 Å². The molecule has 1 amide bonds. The molecule has 1 unspecified atom stereocenters. The zero-order valence-electron chi connectivity index (χ0n) is 9.13. The van der Waals surface area contributed by atoms with Gasteiger partial charge in [-0.2, -0.15) is 0 Å². The third-order valence-corrected chi connectivity index (χ3v) is 2.89. The number of aliphatic hydroxyl groups excluding tert-OH is 1. The fourth-order valence-electron chi connectivity index (χ4n) is 1.88. The van der Waals surface area contributed by atoms with Crippen LogP contribution in [-0.4, -0.2) is 46.7 Å². The van der Waals surface area contributed by atoms with E-state index >= 15 is 0 Å². The molecule has 1 atom stereocenters. The Balaban J connectivity index is 2.07. The molecule has 2 N–H and O–H groups in total. The molecule has 1 aromatic rings. The predicted molar refractivity (Wildman–Crippen MR) is 56.8 cm³/mol. The van der Waals surface area contributed by atoms with Gasteiger partial charge in [0, 0.05) is 31.7 Å². The summed E-state index contributed by atoms with van der Waals surface area (Å²) in [5, 5.41) is 17.7. The van der Waals surface area contributed by atoms with Crippen molar-refractivity contribution in [3.63, 3.8) is 0 Å². The summed E-state index contributed by atoms with van der Waals surface area (Å²) in [5.41, 5.74) is -0.0359. The molecule has 17 heavy (non-hydrogen) atoms. The highest BCUT2D eigenvalue weighted by Crippen LogP contribution is 2.19. The summed E-state index contributed by atoms with van der Waals surface area (Å²) in [5.74, 6) is -1.32. The van der Waals surface area contributed by atoms with Crippen LogP contribution in [0.1, 0.15) is 27.3 Å². The van der Waals surface area contributed by atoms with Gasteiger partial charge in [0.25, 0.3) is 5.91 Å². The van der Waals surface area contributed by atoms with E-state index in [4.69, 9.17) is 14.6 Å². The number of carboxylic acid groups (broad SMARTS) is 1. The monoisotopic (exact) mass is 239 g/mol. The molecule has 0 bridgehead atoms. The highest BCUT2D eigenvalue weighted by atomic mass is 16.4. The van der Waals surface area contributed by atoms with E-state index < -0.39 is 5.97 Å². The van der Waals surface area contributed by atoms with Crippen LogP contribution in [0.25, 0.3) is 0 Å². The lowest BCUT2D eigenvalue weighted by atomic mass is 10.1. The number of aliphatic hydroxyl groups is 1. The van der Waals surface area contributed by atoms with Gasteiger partial charge in [0.1, 0.15) is 6.26 Å². The molecule has 6 heteroatoms. The first-order valence-corrected chi connectivity index (χ1v) is 5.33. The van der Waals surface area contributed by atoms with Crippen molar-refractivity contribution < 1.29 is 24.2 Å². The number of carbonyl (C=O) groups is 2. The van der Waals surface area contributed by atoms with Crippen molar-refractivity contribution in [3.8, 4) is 0 Å². The van der Waals surface area contributed by atoms with Crippen LogP contribution in [0.15, 0.2) is 16.7 Å². The molecule has 2 heterocycles. The summed E-state index contributed by atoms with van der Waals surface area (Å²) in [7, 11) is 0. The largest absolute Gasteiger partial charge is 0.478 e. The first kappa shape index (κ1) is 11.7. The SMILES string of the molecule is O=C(O)c1coc(C(=O)N2CCC(CO)C2)c1. The van der Waals surface area contributed by atoms with E-state index in [1.54, 1.807) is 4.90 Å². The average molecular weight is 239 g/mol. The summed E-state index contributed by atoms with van der Waals surface area (Å²) in [6, 6.07) is 1.22. The molecular formula is C11H13NO5. The van der Waals surface area contributed by atoms with Gasteiger partial charge < -0.3 is 19.5 Å². The molecule has 0 saturated carbocycles. The topological polar surface area (TPSA) is 91.0 Å². The van der Waals surface area contributed by atoms with Gasteiger partial charge in [0.15, 0.2) is 5.76 Å². The molecule has 1 saturated heterocycles. The molecule has 1 fully saturated rings. The van der Waals surface area contributed by atoms with E-state index in [0.717, 1.165) is 12.7 Å². The van der Waals surface area contributed by atoms with Gasteiger partial charge in [-0.15, -0.1) is 0 Å². The van der Waals surface area contributed by atoms with Crippen molar-refractivity contribution in [1.82, 2.24) is 4.90 Å². The molecule has 2 rings (SSSR count). The zero-order chi connectivity index (χ0) is 12.4. The van der Waals surface area contributed by atoms with Gasteiger partial charge in [0.05, 0.1) is 5.56 Å².